The monoisotopic (exact) mass is 553 g/mol. The van der Waals surface area contributed by atoms with E-state index in [9.17, 15) is 4.79 Å². The Morgan fingerprint density at radius 2 is 1.74 bits per heavy atom. The van der Waals surface area contributed by atoms with Crippen molar-refractivity contribution in [1.29, 1.82) is 0 Å². The highest BCUT2D eigenvalue weighted by Gasteiger charge is 2.60. The second kappa shape index (κ2) is 8.58. The first kappa shape index (κ1) is 24.9. The van der Waals surface area contributed by atoms with Gasteiger partial charge in [-0.1, -0.05) is 6.07 Å². The van der Waals surface area contributed by atoms with Crippen molar-refractivity contribution in [2.75, 3.05) is 0 Å². The first-order chi connectivity index (χ1) is 20.2. The number of carbonyl (C=O) groups excluding carboxylic acids is 1. The molecule has 1 saturated heterocycles. The van der Waals surface area contributed by atoms with Crippen molar-refractivity contribution in [1.82, 2.24) is 25.1 Å². The van der Waals surface area contributed by atoms with Crippen LogP contribution in [0.15, 0.2) is 101 Å². The highest BCUT2D eigenvalue weighted by molar-refractivity contribution is 6.20. The summed E-state index contributed by atoms with van der Waals surface area (Å²) in [5.41, 5.74) is 3.63. The zero-order valence-corrected chi connectivity index (χ0v) is 23.8. The van der Waals surface area contributed by atoms with Crippen LogP contribution in [0.3, 0.4) is 0 Å². The van der Waals surface area contributed by atoms with E-state index < -0.39 is 16.6 Å². The van der Waals surface area contributed by atoms with E-state index in [2.05, 4.69) is 39.6 Å². The Morgan fingerprint density at radius 3 is 2.50 bits per heavy atom. The number of aryl methyl sites for hydroxylation is 1. The average Bonchev–Trinajstić information content (AvgIpc) is 3.33. The summed E-state index contributed by atoms with van der Waals surface area (Å²) in [6.07, 6.45) is 23.9. The van der Waals surface area contributed by atoms with Gasteiger partial charge in [0.2, 0.25) is 0 Å². The van der Waals surface area contributed by atoms with E-state index in [0.717, 1.165) is 63.2 Å². The minimum absolute atomic E-state index is 0.162. The molecule has 0 aromatic carbocycles. The lowest BCUT2D eigenvalue weighted by Crippen LogP contribution is -2.47. The van der Waals surface area contributed by atoms with Crippen LogP contribution < -0.4 is 16.0 Å². The fraction of sp³-hybridized carbons (Fsp3) is 0.265. The van der Waals surface area contributed by atoms with Crippen LogP contribution in [0.2, 0.25) is 0 Å². The number of hydrogen-bond donors (Lipinski definition) is 2. The molecule has 2 unspecified atom stereocenters. The van der Waals surface area contributed by atoms with Crippen molar-refractivity contribution in [2.24, 2.45) is 21.3 Å². The lowest BCUT2D eigenvalue weighted by Gasteiger charge is -2.26. The molecule has 0 spiro atoms. The molecule has 8 bridgehead atoms. The standard InChI is InChI=1S/C34H31N7O/c1-21-4-5-22(18-35-21)23-19-36-41(20-23)33-13-12-28(39-33)15-27-9-8-25(37-27)14-26-10-11-29(38-26)16-34(24-6-7-24)31(42)32(2,3)30(17-33)40-34/h4-5,8-20,24,37,40H,6-7H2,1-3H3. The van der Waals surface area contributed by atoms with E-state index in [0.29, 0.717) is 0 Å². The number of H-pyrrole nitrogens is 1. The highest BCUT2D eigenvalue weighted by Crippen LogP contribution is 2.52. The van der Waals surface area contributed by atoms with E-state index in [4.69, 9.17) is 15.1 Å². The second-order valence-corrected chi connectivity index (χ2v) is 12.4. The van der Waals surface area contributed by atoms with E-state index in [-0.39, 0.29) is 11.7 Å². The maximum Gasteiger partial charge on any atom is 0.192 e. The largest absolute Gasteiger partial charge is 0.372 e. The van der Waals surface area contributed by atoms with E-state index >= 15 is 0 Å². The molecule has 2 atom stereocenters. The number of carbonyl (C=O) groups is 1. The number of hydrogen-bond acceptors (Lipinski definition) is 6. The molecule has 3 aromatic heterocycles. The highest BCUT2D eigenvalue weighted by atomic mass is 16.1. The maximum absolute atomic E-state index is 14.4. The molecule has 8 heteroatoms. The minimum Gasteiger partial charge on any atom is -0.372 e. The van der Waals surface area contributed by atoms with E-state index in [1.165, 1.54) is 0 Å². The topological polar surface area (TPSA) is 100 Å². The van der Waals surface area contributed by atoms with Crippen molar-refractivity contribution in [3.05, 3.63) is 107 Å². The van der Waals surface area contributed by atoms with E-state index in [1.807, 2.05) is 92.6 Å². The fourth-order valence-electron chi connectivity index (χ4n) is 6.41. The number of nitrogens with zero attached hydrogens (tertiary/aromatic N) is 5. The Bertz CT molecular complexity index is 1970. The molecule has 1 aliphatic carbocycles. The Balaban J connectivity index is 1.35. The number of fused-ring (bicyclic) bond motifs is 6. The number of allylic oxidation sites excluding steroid dienone is 4. The van der Waals surface area contributed by atoms with Gasteiger partial charge in [-0.2, -0.15) is 5.10 Å². The average molecular weight is 554 g/mol. The maximum atomic E-state index is 14.4. The van der Waals surface area contributed by atoms with Crippen molar-refractivity contribution >= 4 is 29.4 Å². The summed E-state index contributed by atoms with van der Waals surface area (Å²) in [5, 5.41) is 10.4. The summed E-state index contributed by atoms with van der Waals surface area (Å²) in [4.78, 5) is 32.4. The third-order valence-electron chi connectivity index (χ3n) is 8.93. The van der Waals surface area contributed by atoms with Gasteiger partial charge in [-0.15, -0.1) is 0 Å². The van der Waals surface area contributed by atoms with Crippen LogP contribution >= 0.6 is 0 Å². The van der Waals surface area contributed by atoms with Crippen LogP contribution in [0.5, 0.6) is 0 Å². The number of pyridine rings is 1. The normalized spacial score (nSPS) is 27.1. The zero-order chi connectivity index (χ0) is 28.7. The molecular weight excluding hydrogens is 522 g/mol. The molecule has 7 heterocycles. The minimum atomic E-state index is -0.966. The van der Waals surface area contributed by atoms with E-state index in [1.54, 1.807) is 0 Å². The summed E-state index contributed by atoms with van der Waals surface area (Å²) < 4.78 is 1.87. The lowest BCUT2D eigenvalue weighted by atomic mass is 9.77. The Hall–Kier alpha value is -4.85. The molecule has 2 N–H and O–H groups in total. The smallest absolute Gasteiger partial charge is 0.192 e. The molecule has 3 aromatic rings. The summed E-state index contributed by atoms with van der Waals surface area (Å²) >= 11 is 0. The van der Waals surface area contributed by atoms with Gasteiger partial charge in [0.05, 0.1) is 28.7 Å². The molecule has 5 aliphatic rings. The first-order valence-electron chi connectivity index (χ1n) is 14.4. The van der Waals surface area contributed by atoms with Crippen LogP contribution in [0.25, 0.3) is 23.3 Å². The number of rotatable bonds is 3. The van der Waals surface area contributed by atoms with Crippen molar-refractivity contribution < 1.29 is 4.79 Å². The Kier molecular flexibility index (Phi) is 5.09. The van der Waals surface area contributed by atoms with Gasteiger partial charge in [0.15, 0.2) is 11.4 Å². The summed E-state index contributed by atoms with van der Waals surface area (Å²) in [6, 6.07) is 8.12. The number of aromatic amines is 1. The molecule has 42 heavy (non-hydrogen) atoms. The van der Waals surface area contributed by atoms with Gasteiger partial charge in [0.25, 0.3) is 0 Å². The summed E-state index contributed by atoms with van der Waals surface area (Å²) in [5.74, 6) is 0.381. The Morgan fingerprint density at radius 1 is 0.929 bits per heavy atom. The molecule has 0 amide bonds. The molecule has 208 valence electrons. The molecule has 4 aliphatic heterocycles. The number of nitrogens with one attached hydrogen (secondary N) is 2. The number of Topliss-reactive ketones (excluding diaryl/α,β-unsaturated/α-hetero) is 1. The van der Waals surface area contributed by atoms with Gasteiger partial charge in [0.1, 0.15) is 5.54 Å². The Labute approximate surface area is 243 Å². The quantitative estimate of drug-likeness (QED) is 0.517. The molecule has 2 fully saturated rings. The summed E-state index contributed by atoms with van der Waals surface area (Å²) in [7, 11) is 0. The van der Waals surface area contributed by atoms with Crippen LogP contribution in [-0.4, -0.2) is 42.5 Å². The van der Waals surface area contributed by atoms with Crippen LogP contribution in [0, 0.1) is 18.3 Å². The zero-order valence-electron chi connectivity index (χ0n) is 23.8. The van der Waals surface area contributed by atoms with Gasteiger partial charge in [-0.05, 0) is 106 Å². The molecule has 8 rings (SSSR count). The number of ketones is 1. The SMILES string of the molecule is Cc1ccc(-c2cnn(C34C=CC(=N3)C=c3ccc([nH]3)=CC3=NC(=CC5(C6CC6)NC(=C4)C(C)(C)C5=O)C=C3)c2)cn1. The third-order valence-corrected chi connectivity index (χ3v) is 8.93. The molecule has 0 radical (unpaired) electrons. The number of aromatic nitrogens is 4. The second-order valence-electron chi connectivity index (χ2n) is 12.4. The van der Waals surface area contributed by atoms with Gasteiger partial charge in [-0.25, -0.2) is 14.7 Å². The van der Waals surface area contributed by atoms with Crippen molar-refractivity contribution in [2.45, 2.75) is 44.8 Å². The predicted molar refractivity (Wildman–Crippen MR) is 164 cm³/mol. The van der Waals surface area contributed by atoms with Crippen LogP contribution in [0.1, 0.15) is 32.4 Å². The molecular formula is C34H31N7O. The molecule has 8 nitrogen and oxygen atoms in total. The third kappa shape index (κ3) is 3.85. The lowest BCUT2D eigenvalue weighted by molar-refractivity contribution is -0.127. The van der Waals surface area contributed by atoms with Crippen molar-refractivity contribution in [3.63, 3.8) is 0 Å². The van der Waals surface area contributed by atoms with Crippen LogP contribution in [0.4, 0.5) is 0 Å². The van der Waals surface area contributed by atoms with Crippen LogP contribution in [-0.2, 0) is 10.5 Å². The fourth-order valence-corrected chi connectivity index (χ4v) is 6.41. The van der Waals surface area contributed by atoms with Gasteiger partial charge in [0, 0.05) is 45.6 Å². The van der Waals surface area contributed by atoms with Gasteiger partial charge < -0.3 is 10.3 Å². The first-order valence-corrected chi connectivity index (χ1v) is 14.4. The molecule has 1 saturated carbocycles. The van der Waals surface area contributed by atoms with Crippen molar-refractivity contribution in [3.8, 4) is 11.1 Å². The summed E-state index contributed by atoms with van der Waals surface area (Å²) in [6.45, 7) is 5.99. The van der Waals surface area contributed by atoms with Gasteiger partial charge >= 0.3 is 0 Å². The van der Waals surface area contributed by atoms with Gasteiger partial charge in [-0.3, -0.25) is 9.78 Å². The number of aliphatic imine (C=N–C) groups is 2. The predicted octanol–water partition coefficient (Wildman–Crippen LogP) is 3.65.